The van der Waals surface area contributed by atoms with E-state index in [9.17, 15) is 9.59 Å². The van der Waals surface area contributed by atoms with Crippen LogP contribution in [0.1, 0.15) is 38.7 Å². The summed E-state index contributed by atoms with van der Waals surface area (Å²) < 4.78 is 5.34. The Morgan fingerprint density at radius 1 is 1.24 bits per heavy atom. The standard InChI is InChI=1S/C22H19ClN2O3S/c1-12-19-17(13-4-3-5-16(10-13)28-2)11-18(26)25-22(19)29-20(12)21(27)24-15-8-6-14(23)7-9-15/h3-10,17H,11H2,1-2H3,(H,24,27)(H,25,26)/t17-/m1/s1. The van der Waals surface area contributed by atoms with E-state index in [1.807, 2.05) is 31.2 Å². The van der Waals surface area contributed by atoms with Crippen LogP contribution in [0.2, 0.25) is 5.02 Å². The number of carbonyl (C=O) groups is 2. The van der Waals surface area contributed by atoms with Crippen LogP contribution in [0.3, 0.4) is 0 Å². The van der Waals surface area contributed by atoms with Gasteiger partial charge < -0.3 is 15.4 Å². The minimum Gasteiger partial charge on any atom is -0.497 e. The molecule has 2 amide bonds. The number of thiophene rings is 1. The normalized spacial score (nSPS) is 15.4. The van der Waals surface area contributed by atoms with Crippen molar-refractivity contribution < 1.29 is 14.3 Å². The van der Waals surface area contributed by atoms with E-state index in [2.05, 4.69) is 10.6 Å². The molecule has 0 unspecified atom stereocenters. The Morgan fingerprint density at radius 3 is 2.72 bits per heavy atom. The number of fused-ring (bicyclic) bond motifs is 1. The number of anilines is 2. The van der Waals surface area contributed by atoms with E-state index in [-0.39, 0.29) is 17.7 Å². The summed E-state index contributed by atoms with van der Waals surface area (Å²) in [6.07, 6.45) is 0.329. The van der Waals surface area contributed by atoms with Crippen molar-refractivity contribution in [2.24, 2.45) is 0 Å². The van der Waals surface area contributed by atoms with E-state index in [4.69, 9.17) is 16.3 Å². The first kappa shape index (κ1) is 19.5. The molecule has 1 atom stereocenters. The van der Waals surface area contributed by atoms with Crippen LogP contribution in [0.5, 0.6) is 5.75 Å². The molecule has 148 valence electrons. The molecule has 2 N–H and O–H groups in total. The molecule has 0 saturated carbocycles. The zero-order chi connectivity index (χ0) is 20.5. The Bertz CT molecular complexity index is 1090. The number of benzene rings is 2. The molecule has 0 bridgehead atoms. The first-order valence-electron chi connectivity index (χ1n) is 9.10. The van der Waals surface area contributed by atoms with E-state index in [0.717, 1.165) is 27.4 Å². The van der Waals surface area contributed by atoms with E-state index in [1.54, 1.807) is 31.4 Å². The Labute approximate surface area is 177 Å². The van der Waals surface area contributed by atoms with Crippen LogP contribution in [0.4, 0.5) is 10.7 Å². The molecule has 1 aliphatic heterocycles. The fourth-order valence-electron chi connectivity index (χ4n) is 3.58. The van der Waals surface area contributed by atoms with Crippen LogP contribution < -0.4 is 15.4 Å². The molecule has 0 fully saturated rings. The number of hydrogen-bond donors (Lipinski definition) is 2. The smallest absolute Gasteiger partial charge is 0.266 e. The summed E-state index contributed by atoms with van der Waals surface area (Å²) in [5.41, 5.74) is 3.53. The highest BCUT2D eigenvalue weighted by Gasteiger charge is 2.33. The molecule has 2 heterocycles. The second-order valence-electron chi connectivity index (χ2n) is 6.84. The summed E-state index contributed by atoms with van der Waals surface area (Å²) in [7, 11) is 1.62. The largest absolute Gasteiger partial charge is 0.497 e. The van der Waals surface area contributed by atoms with Gasteiger partial charge in [0.2, 0.25) is 5.91 Å². The van der Waals surface area contributed by atoms with Gasteiger partial charge in [-0.1, -0.05) is 23.7 Å². The van der Waals surface area contributed by atoms with Crippen molar-refractivity contribution in [2.75, 3.05) is 17.7 Å². The van der Waals surface area contributed by atoms with Crippen molar-refractivity contribution in [2.45, 2.75) is 19.3 Å². The van der Waals surface area contributed by atoms with Gasteiger partial charge >= 0.3 is 0 Å². The van der Waals surface area contributed by atoms with Gasteiger partial charge in [-0.15, -0.1) is 11.3 Å². The molecule has 7 heteroatoms. The number of nitrogens with one attached hydrogen (secondary N) is 2. The average molecular weight is 427 g/mol. The molecule has 3 aromatic rings. The zero-order valence-corrected chi connectivity index (χ0v) is 17.5. The van der Waals surface area contributed by atoms with Gasteiger partial charge in [0.05, 0.1) is 17.0 Å². The summed E-state index contributed by atoms with van der Waals surface area (Å²) in [5, 5.41) is 7.16. The predicted octanol–water partition coefficient (Wildman–Crippen LogP) is 5.44. The maximum atomic E-state index is 12.9. The third kappa shape index (κ3) is 3.86. The van der Waals surface area contributed by atoms with Gasteiger partial charge in [0.1, 0.15) is 5.75 Å². The summed E-state index contributed by atoms with van der Waals surface area (Å²) in [6, 6.07) is 14.7. The number of methoxy groups -OCH3 is 1. The summed E-state index contributed by atoms with van der Waals surface area (Å²) in [6.45, 7) is 1.93. The topological polar surface area (TPSA) is 67.4 Å². The third-order valence-corrected chi connectivity index (χ3v) is 6.46. The fourth-order valence-corrected chi connectivity index (χ4v) is 4.89. The Hall–Kier alpha value is -2.83. The fraction of sp³-hybridized carbons (Fsp3) is 0.182. The second kappa shape index (κ2) is 7.89. The lowest BCUT2D eigenvalue weighted by Crippen LogP contribution is -2.22. The highest BCUT2D eigenvalue weighted by molar-refractivity contribution is 7.18. The molecule has 1 aliphatic rings. The van der Waals surface area contributed by atoms with Crippen molar-refractivity contribution >= 4 is 45.4 Å². The molecule has 0 aliphatic carbocycles. The number of carbonyl (C=O) groups excluding carboxylic acids is 2. The Balaban J connectivity index is 1.70. The lowest BCUT2D eigenvalue weighted by atomic mass is 9.85. The molecule has 0 saturated heterocycles. The van der Waals surface area contributed by atoms with Crippen molar-refractivity contribution in [1.82, 2.24) is 0 Å². The number of amides is 2. The molecule has 4 rings (SSSR count). The minimum absolute atomic E-state index is 0.0590. The Morgan fingerprint density at radius 2 is 2.00 bits per heavy atom. The number of hydrogen-bond acceptors (Lipinski definition) is 4. The highest BCUT2D eigenvalue weighted by atomic mass is 35.5. The highest BCUT2D eigenvalue weighted by Crippen LogP contribution is 2.45. The summed E-state index contributed by atoms with van der Waals surface area (Å²) in [4.78, 5) is 25.8. The first-order chi connectivity index (χ1) is 14.0. The second-order valence-corrected chi connectivity index (χ2v) is 8.30. The van der Waals surface area contributed by atoms with Gasteiger partial charge in [-0.05, 0) is 60.0 Å². The van der Waals surface area contributed by atoms with E-state index in [1.165, 1.54) is 11.3 Å². The molecular weight excluding hydrogens is 408 g/mol. The average Bonchev–Trinajstić information content (AvgIpc) is 3.05. The van der Waals surface area contributed by atoms with E-state index < -0.39 is 0 Å². The molecule has 2 aromatic carbocycles. The number of halogens is 1. The van der Waals surface area contributed by atoms with Crippen molar-refractivity contribution in [3.05, 3.63) is 75.1 Å². The van der Waals surface area contributed by atoms with E-state index >= 15 is 0 Å². The van der Waals surface area contributed by atoms with Crippen molar-refractivity contribution in [3.63, 3.8) is 0 Å². The molecule has 5 nitrogen and oxygen atoms in total. The van der Waals surface area contributed by atoms with Gasteiger partial charge in [-0.25, -0.2) is 0 Å². The van der Waals surface area contributed by atoms with Gasteiger partial charge in [0.15, 0.2) is 0 Å². The van der Waals surface area contributed by atoms with Crippen LogP contribution >= 0.6 is 22.9 Å². The zero-order valence-electron chi connectivity index (χ0n) is 15.9. The molecule has 1 aromatic heterocycles. The third-order valence-electron chi connectivity index (χ3n) is 4.99. The molecule has 29 heavy (non-hydrogen) atoms. The van der Waals surface area contributed by atoms with Gasteiger partial charge in [-0.3, -0.25) is 9.59 Å². The van der Waals surface area contributed by atoms with E-state index in [0.29, 0.717) is 22.0 Å². The lowest BCUT2D eigenvalue weighted by molar-refractivity contribution is -0.116. The van der Waals surface area contributed by atoms with Crippen molar-refractivity contribution in [1.29, 1.82) is 0 Å². The lowest BCUT2D eigenvalue weighted by Gasteiger charge is -2.24. The van der Waals surface area contributed by atoms with Crippen LogP contribution in [0.25, 0.3) is 0 Å². The molecular formula is C22H19ClN2O3S. The Kier molecular flexibility index (Phi) is 5.30. The van der Waals surface area contributed by atoms with Gasteiger partial charge in [0, 0.05) is 23.0 Å². The van der Waals surface area contributed by atoms with Crippen LogP contribution in [0.15, 0.2) is 48.5 Å². The predicted molar refractivity (Wildman–Crippen MR) is 117 cm³/mol. The van der Waals surface area contributed by atoms with Crippen LogP contribution in [-0.2, 0) is 4.79 Å². The minimum atomic E-state index is -0.206. The SMILES string of the molecule is COc1cccc([C@H]2CC(=O)Nc3sc(C(=O)Nc4ccc(Cl)cc4)c(C)c32)c1. The molecule has 0 spiro atoms. The first-order valence-corrected chi connectivity index (χ1v) is 10.3. The maximum Gasteiger partial charge on any atom is 0.266 e. The summed E-state index contributed by atoms with van der Waals surface area (Å²) in [5.74, 6) is 0.352. The summed E-state index contributed by atoms with van der Waals surface area (Å²) >= 11 is 7.21. The van der Waals surface area contributed by atoms with Crippen LogP contribution in [-0.4, -0.2) is 18.9 Å². The van der Waals surface area contributed by atoms with Gasteiger partial charge in [-0.2, -0.15) is 0 Å². The number of rotatable bonds is 4. The number of ether oxygens (including phenoxy) is 1. The van der Waals surface area contributed by atoms with Gasteiger partial charge in [0.25, 0.3) is 5.91 Å². The molecule has 0 radical (unpaired) electrons. The van der Waals surface area contributed by atoms with Crippen LogP contribution in [0, 0.1) is 6.92 Å². The quantitative estimate of drug-likeness (QED) is 0.583. The monoisotopic (exact) mass is 426 g/mol. The van der Waals surface area contributed by atoms with Crippen molar-refractivity contribution in [3.8, 4) is 5.75 Å². The maximum absolute atomic E-state index is 12.9.